The van der Waals surface area contributed by atoms with Gasteiger partial charge in [0, 0.05) is 24.6 Å². The van der Waals surface area contributed by atoms with Gasteiger partial charge in [-0.25, -0.2) is 14.3 Å². The van der Waals surface area contributed by atoms with Crippen LogP contribution in [0.2, 0.25) is 0 Å². The number of carbonyl (C=O) groups is 1. The molecule has 7 rings (SSSR count). The molecule has 4 heterocycles. The predicted molar refractivity (Wildman–Crippen MR) is 175 cm³/mol. The Morgan fingerprint density at radius 2 is 1.65 bits per heavy atom. The fourth-order valence-electron chi connectivity index (χ4n) is 5.94. The lowest BCUT2D eigenvalue weighted by Crippen LogP contribution is -2.42. The van der Waals surface area contributed by atoms with Crippen molar-refractivity contribution in [3.05, 3.63) is 129 Å². The smallest absolute Gasteiger partial charge is 0.307 e. The second-order valence-corrected chi connectivity index (χ2v) is 11.1. The van der Waals surface area contributed by atoms with Crippen LogP contribution in [-0.2, 0) is 6.54 Å². The molecule has 1 amide bonds. The van der Waals surface area contributed by atoms with Crippen LogP contribution in [0, 0.1) is 11.3 Å². The summed E-state index contributed by atoms with van der Waals surface area (Å²) < 4.78 is 1.75. The van der Waals surface area contributed by atoms with Gasteiger partial charge in [0.25, 0.3) is 5.56 Å². The van der Waals surface area contributed by atoms with Gasteiger partial charge in [-0.1, -0.05) is 48.5 Å². The van der Waals surface area contributed by atoms with Crippen molar-refractivity contribution < 1.29 is 4.79 Å². The lowest BCUT2D eigenvalue weighted by atomic mass is 9.99. The third-order valence-corrected chi connectivity index (χ3v) is 8.20. The molecular formula is C35H28N8O3. The van der Waals surface area contributed by atoms with Crippen molar-refractivity contribution in [1.29, 1.82) is 5.26 Å². The molecule has 0 bridgehead atoms. The summed E-state index contributed by atoms with van der Waals surface area (Å²) in [5.74, 6) is 0. The first-order valence-corrected chi connectivity index (χ1v) is 14.9. The van der Waals surface area contributed by atoms with E-state index in [1.807, 2.05) is 48.5 Å². The molecule has 2 N–H and O–H groups in total. The number of amides is 1. The van der Waals surface area contributed by atoms with Crippen LogP contribution in [0.15, 0.2) is 107 Å². The summed E-state index contributed by atoms with van der Waals surface area (Å²) in [4.78, 5) is 49.2. The van der Waals surface area contributed by atoms with Crippen molar-refractivity contribution >= 4 is 22.8 Å². The third kappa shape index (κ3) is 5.38. The van der Waals surface area contributed by atoms with Crippen LogP contribution >= 0.6 is 0 Å². The molecular weight excluding hydrogens is 580 g/mol. The van der Waals surface area contributed by atoms with E-state index < -0.39 is 17.3 Å². The molecule has 3 aromatic carbocycles. The normalized spacial score (nSPS) is 13.1. The van der Waals surface area contributed by atoms with Gasteiger partial charge in [0.2, 0.25) is 0 Å². The molecule has 226 valence electrons. The Morgan fingerprint density at radius 1 is 0.891 bits per heavy atom. The van der Waals surface area contributed by atoms with E-state index in [0.717, 1.165) is 41.9 Å². The Kier molecular flexibility index (Phi) is 7.54. The number of anilines is 1. The van der Waals surface area contributed by atoms with Crippen LogP contribution < -0.4 is 16.6 Å². The van der Waals surface area contributed by atoms with E-state index >= 15 is 0 Å². The first-order chi connectivity index (χ1) is 22.5. The Bertz CT molecular complexity index is 2240. The molecule has 0 atom stereocenters. The predicted octanol–water partition coefficient (Wildman–Crippen LogP) is 5.15. The first kappa shape index (κ1) is 28.6. The lowest BCUT2D eigenvalue weighted by molar-refractivity contribution is 0.252. The Labute approximate surface area is 263 Å². The highest BCUT2D eigenvalue weighted by Gasteiger charge is 2.23. The second-order valence-electron chi connectivity index (χ2n) is 11.1. The summed E-state index contributed by atoms with van der Waals surface area (Å²) in [7, 11) is 0. The van der Waals surface area contributed by atoms with Crippen molar-refractivity contribution in [3.63, 3.8) is 0 Å². The summed E-state index contributed by atoms with van der Waals surface area (Å²) in [6, 6.07) is 27.4. The molecule has 0 radical (unpaired) electrons. The number of hydrogen-bond donors (Lipinski definition) is 2. The highest BCUT2D eigenvalue weighted by Crippen LogP contribution is 2.28. The number of nitriles is 1. The first-order valence-electron chi connectivity index (χ1n) is 14.9. The molecule has 46 heavy (non-hydrogen) atoms. The van der Waals surface area contributed by atoms with E-state index in [0.29, 0.717) is 15.9 Å². The van der Waals surface area contributed by atoms with Gasteiger partial charge in [-0.3, -0.25) is 14.7 Å². The number of nitrogens with zero attached hydrogens (tertiary/aromatic N) is 6. The van der Waals surface area contributed by atoms with Crippen LogP contribution in [0.1, 0.15) is 24.1 Å². The van der Waals surface area contributed by atoms with Gasteiger partial charge in [-0.2, -0.15) is 14.9 Å². The largest absolute Gasteiger partial charge is 0.337 e. The van der Waals surface area contributed by atoms with Gasteiger partial charge < -0.3 is 10.3 Å². The monoisotopic (exact) mass is 608 g/mol. The quantitative estimate of drug-likeness (QED) is 0.266. The SMILES string of the molecule is N#Cc1nn(-c2cccc(-c3ccncc3)c2)c2c(=O)n(C(=O)Nc3ccc(-c4ccccc4CN4CCCC4)cc3)c(=O)[nH]c12. The van der Waals surface area contributed by atoms with Crippen LogP contribution in [0.25, 0.3) is 39.0 Å². The van der Waals surface area contributed by atoms with Crippen molar-refractivity contribution in [3.8, 4) is 34.0 Å². The molecule has 11 heteroatoms. The molecule has 0 unspecified atom stereocenters. The molecule has 11 nitrogen and oxygen atoms in total. The van der Waals surface area contributed by atoms with Gasteiger partial charge >= 0.3 is 11.7 Å². The molecule has 1 fully saturated rings. The number of pyridine rings is 1. The maximum atomic E-state index is 13.8. The Morgan fingerprint density at radius 3 is 2.41 bits per heavy atom. The lowest BCUT2D eigenvalue weighted by Gasteiger charge is -2.18. The topological polar surface area (TPSA) is 142 Å². The van der Waals surface area contributed by atoms with Gasteiger partial charge in [0.15, 0.2) is 11.2 Å². The van der Waals surface area contributed by atoms with E-state index in [1.54, 1.807) is 42.7 Å². The van der Waals surface area contributed by atoms with E-state index in [9.17, 15) is 19.6 Å². The van der Waals surface area contributed by atoms with Crippen LogP contribution in [0.4, 0.5) is 10.5 Å². The molecule has 0 spiro atoms. The third-order valence-electron chi connectivity index (χ3n) is 8.20. The van der Waals surface area contributed by atoms with E-state index in [2.05, 4.69) is 37.4 Å². The van der Waals surface area contributed by atoms with Gasteiger partial charge in [0.1, 0.15) is 11.6 Å². The molecule has 0 aliphatic carbocycles. The number of likely N-dealkylation sites (tertiary alicyclic amines) is 1. The van der Waals surface area contributed by atoms with Gasteiger partial charge in [0.05, 0.1) is 5.69 Å². The summed E-state index contributed by atoms with van der Waals surface area (Å²) in [5.41, 5.74) is 3.73. The average molecular weight is 609 g/mol. The minimum absolute atomic E-state index is 0.0483. The summed E-state index contributed by atoms with van der Waals surface area (Å²) in [6.45, 7) is 3.07. The fraction of sp³-hybridized carbons (Fsp3) is 0.143. The summed E-state index contributed by atoms with van der Waals surface area (Å²) >= 11 is 0. The van der Waals surface area contributed by atoms with Gasteiger partial charge in [-0.05, 0) is 90.1 Å². The number of carbonyl (C=O) groups excluding carboxylic acids is 1. The number of nitrogens with one attached hydrogen (secondary N) is 2. The molecule has 0 saturated carbocycles. The standard InChI is InChI=1S/C35H28N8O3/c36-21-30-31-32(43(40-30)28-8-5-7-25(20-28)23-14-16-37-17-15-23)33(44)42(35(46)39-31)34(45)38-27-12-10-24(11-13-27)29-9-2-1-6-26(29)22-41-18-3-4-19-41/h1-2,5-17,20H,3-4,18-19,22H2,(H,38,45)(H,39,46). The minimum atomic E-state index is -0.982. The van der Waals surface area contributed by atoms with Crippen LogP contribution in [-0.4, -0.2) is 48.3 Å². The average Bonchev–Trinajstić information content (AvgIpc) is 3.74. The Balaban J connectivity index is 1.21. The number of benzene rings is 3. The maximum absolute atomic E-state index is 13.8. The van der Waals surface area contributed by atoms with Crippen molar-refractivity contribution in [2.24, 2.45) is 0 Å². The van der Waals surface area contributed by atoms with Crippen molar-refractivity contribution in [2.45, 2.75) is 19.4 Å². The highest BCUT2D eigenvalue weighted by molar-refractivity contribution is 5.93. The molecule has 1 aliphatic rings. The highest BCUT2D eigenvalue weighted by atomic mass is 16.2. The van der Waals surface area contributed by atoms with E-state index in [1.165, 1.54) is 23.1 Å². The summed E-state index contributed by atoms with van der Waals surface area (Å²) in [5, 5.41) is 16.7. The maximum Gasteiger partial charge on any atom is 0.337 e. The van der Waals surface area contributed by atoms with Crippen molar-refractivity contribution in [1.82, 2.24) is 29.2 Å². The zero-order valence-electron chi connectivity index (χ0n) is 24.7. The van der Waals surface area contributed by atoms with Crippen LogP contribution in [0.3, 0.4) is 0 Å². The number of rotatable bonds is 6. The Hall–Kier alpha value is -6.12. The molecule has 1 aliphatic heterocycles. The summed E-state index contributed by atoms with van der Waals surface area (Å²) in [6.07, 6.45) is 5.78. The van der Waals surface area contributed by atoms with E-state index in [-0.39, 0.29) is 16.7 Å². The number of aromatic amines is 1. The number of hydrogen-bond acceptors (Lipinski definition) is 7. The number of fused-ring (bicyclic) bond motifs is 1. The number of aromatic nitrogens is 5. The molecule has 6 aromatic rings. The zero-order valence-corrected chi connectivity index (χ0v) is 24.7. The van der Waals surface area contributed by atoms with Crippen LogP contribution in [0.5, 0.6) is 0 Å². The molecule has 3 aromatic heterocycles. The second kappa shape index (κ2) is 12.1. The molecule has 1 saturated heterocycles. The van der Waals surface area contributed by atoms with Gasteiger partial charge in [-0.15, -0.1) is 0 Å². The minimum Gasteiger partial charge on any atom is -0.307 e. The van der Waals surface area contributed by atoms with E-state index in [4.69, 9.17) is 0 Å². The zero-order chi connectivity index (χ0) is 31.6. The fourth-order valence-corrected chi connectivity index (χ4v) is 5.94. The number of H-pyrrole nitrogens is 1. The van der Waals surface area contributed by atoms with Crippen molar-refractivity contribution in [2.75, 3.05) is 18.4 Å².